The summed E-state index contributed by atoms with van der Waals surface area (Å²) in [7, 11) is 0. The molecule has 0 saturated carbocycles. The number of anilines is 1. The Labute approximate surface area is 147 Å². The standard InChI is InChI=1S/C20H22N2O3/c1-14-8-9-16(12-15(14)2)22-11-10-18(20(22)24)21-19(23)13-25-17-6-4-3-5-7-17/h3-9,12,18H,10-11,13H2,1-2H3,(H,21,23)/t18-/m1/s1. The maximum atomic E-state index is 12.6. The first-order valence-corrected chi connectivity index (χ1v) is 8.40. The Hall–Kier alpha value is -2.82. The Bertz CT molecular complexity index is 774. The third-order valence-corrected chi connectivity index (χ3v) is 4.46. The molecule has 1 fully saturated rings. The second-order valence-electron chi connectivity index (χ2n) is 6.27. The van der Waals surface area contributed by atoms with Crippen LogP contribution < -0.4 is 15.0 Å². The molecule has 0 bridgehead atoms. The molecule has 1 atom stereocenters. The fraction of sp³-hybridized carbons (Fsp3) is 0.300. The molecule has 1 aliphatic rings. The molecular formula is C20H22N2O3. The van der Waals surface area contributed by atoms with Crippen LogP contribution in [0.1, 0.15) is 17.5 Å². The molecule has 1 saturated heterocycles. The number of para-hydroxylation sites is 1. The minimum atomic E-state index is -0.492. The average Bonchev–Trinajstić information content (AvgIpc) is 2.97. The highest BCUT2D eigenvalue weighted by Crippen LogP contribution is 2.24. The number of hydrogen-bond acceptors (Lipinski definition) is 3. The van der Waals surface area contributed by atoms with Gasteiger partial charge in [0.1, 0.15) is 11.8 Å². The topological polar surface area (TPSA) is 58.6 Å². The first kappa shape index (κ1) is 17.0. The van der Waals surface area contributed by atoms with Crippen LogP contribution in [0.5, 0.6) is 5.75 Å². The smallest absolute Gasteiger partial charge is 0.258 e. The number of aryl methyl sites for hydroxylation is 2. The number of carbonyl (C=O) groups is 2. The molecule has 5 nitrogen and oxygen atoms in total. The second-order valence-corrected chi connectivity index (χ2v) is 6.27. The summed E-state index contributed by atoms with van der Waals surface area (Å²) in [6, 6.07) is 14.6. The van der Waals surface area contributed by atoms with Gasteiger partial charge in [-0.05, 0) is 55.7 Å². The maximum absolute atomic E-state index is 12.6. The van der Waals surface area contributed by atoms with E-state index in [4.69, 9.17) is 4.74 Å². The largest absolute Gasteiger partial charge is 0.484 e. The summed E-state index contributed by atoms with van der Waals surface area (Å²) in [6.45, 7) is 4.57. The van der Waals surface area contributed by atoms with Crippen molar-refractivity contribution < 1.29 is 14.3 Å². The van der Waals surface area contributed by atoms with Crippen molar-refractivity contribution in [1.29, 1.82) is 0 Å². The maximum Gasteiger partial charge on any atom is 0.258 e. The van der Waals surface area contributed by atoms with E-state index >= 15 is 0 Å². The predicted octanol–water partition coefficient (Wildman–Crippen LogP) is 2.60. The van der Waals surface area contributed by atoms with Crippen molar-refractivity contribution in [3.05, 3.63) is 59.7 Å². The number of nitrogens with zero attached hydrogens (tertiary/aromatic N) is 1. The van der Waals surface area contributed by atoms with E-state index in [1.54, 1.807) is 17.0 Å². The van der Waals surface area contributed by atoms with Crippen molar-refractivity contribution in [3.63, 3.8) is 0 Å². The molecule has 1 N–H and O–H groups in total. The van der Waals surface area contributed by atoms with E-state index in [2.05, 4.69) is 5.32 Å². The van der Waals surface area contributed by atoms with Gasteiger partial charge in [-0.2, -0.15) is 0 Å². The van der Waals surface area contributed by atoms with E-state index in [0.29, 0.717) is 18.7 Å². The van der Waals surface area contributed by atoms with Gasteiger partial charge >= 0.3 is 0 Å². The third-order valence-electron chi connectivity index (χ3n) is 4.46. The number of ether oxygens (including phenoxy) is 1. The minimum Gasteiger partial charge on any atom is -0.484 e. The van der Waals surface area contributed by atoms with Crippen LogP contribution in [0.4, 0.5) is 5.69 Å². The van der Waals surface area contributed by atoms with Gasteiger partial charge in [0.2, 0.25) is 5.91 Å². The van der Waals surface area contributed by atoms with Gasteiger partial charge in [-0.25, -0.2) is 0 Å². The van der Waals surface area contributed by atoms with Crippen LogP contribution in [0.2, 0.25) is 0 Å². The van der Waals surface area contributed by atoms with Crippen molar-refractivity contribution in [2.24, 2.45) is 0 Å². The van der Waals surface area contributed by atoms with Crippen LogP contribution in [-0.2, 0) is 9.59 Å². The van der Waals surface area contributed by atoms with Gasteiger partial charge in [0.25, 0.3) is 5.91 Å². The van der Waals surface area contributed by atoms with Crippen molar-refractivity contribution >= 4 is 17.5 Å². The zero-order valence-corrected chi connectivity index (χ0v) is 14.5. The second kappa shape index (κ2) is 7.38. The lowest BCUT2D eigenvalue weighted by atomic mass is 10.1. The summed E-state index contributed by atoms with van der Waals surface area (Å²) in [5.41, 5.74) is 3.22. The molecule has 3 rings (SSSR count). The first-order chi connectivity index (χ1) is 12.0. The fourth-order valence-electron chi connectivity index (χ4n) is 2.87. The minimum absolute atomic E-state index is 0.0729. The molecule has 0 radical (unpaired) electrons. The first-order valence-electron chi connectivity index (χ1n) is 8.40. The number of nitrogens with one attached hydrogen (secondary N) is 1. The lowest BCUT2D eigenvalue weighted by Gasteiger charge is -2.18. The summed E-state index contributed by atoms with van der Waals surface area (Å²) in [4.78, 5) is 26.4. The molecule has 1 aliphatic heterocycles. The van der Waals surface area contributed by atoms with Crippen LogP contribution in [-0.4, -0.2) is 31.0 Å². The van der Waals surface area contributed by atoms with Gasteiger partial charge in [0.15, 0.2) is 6.61 Å². The highest BCUT2D eigenvalue weighted by atomic mass is 16.5. The summed E-state index contributed by atoms with van der Waals surface area (Å²) < 4.78 is 5.42. The van der Waals surface area contributed by atoms with Crippen molar-refractivity contribution in [3.8, 4) is 5.75 Å². The van der Waals surface area contributed by atoms with E-state index in [1.807, 2.05) is 50.2 Å². The van der Waals surface area contributed by atoms with Gasteiger partial charge in [-0.1, -0.05) is 24.3 Å². The number of benzene rings is 2. The molecule has 0 aromatic heterocycles. The van der Waals surface area contributed by atoms with E-state index < -0.39 is 6.04 Å². The Balaban J connectivity index is 1.56. The lowest BCUT2D eigenvalue weighted by molar-refractivity contribution is -0.127. The summed E-state index contributed by atoms with van der Waals surface area (Å²) in [5, 5.41) is 2.77. The van der Waals surface area contributed by atoms with Gasteiger partial charge < -0.3 is 15.0 Å². The Morgan fingerprint density at radius 1 is 1.16 bits per heavy atom. The molecule has 0 aliphatic carbocycles. The Morgan fingerprint density at radius 3 is 2.64 bits per heavy atom. The molecule has 5 heteroatoms. The monoisotopic (exact) mass is 338 g/mol. The molecule has 25 heavy (non-hydrogen) atoms. The molecule has 2 aromatic rings. The van der Waals surface area contributed by atoms with E-state index in [1.165, 1.54) is 5.56 Å². The van der Waals surface area contributed by atoms with E-state index in [0.717, 1.165) is 11.3 Å². The number of amides is 2. The van der Waals surface area contributed by atoms with Crippen LogP contribution in [0.3, 0.4) is 0 Å². The summed E-state index contributed by atoms with van der Waals surface area (Å²) in [5.74, 6) is 0.271. The Kier molecular flexibility index (Phi) is 5.03. The van der Waals surface area contributed by atoms with Crippen molar-refractivity contribution in [1.82, 2.24) is 5.32 Å². The SMILES string of the molecule is Cc1ccc(N2CC[C@@H](NC(=O)COc3ccccc3)C2=O)cc1C. The van der Waals surface area contributed by atoms with Gasteiger partial charge in [0, 0.05) is 12.2 Å². The summed E-state index contributed by atoms with van der Waals surface area (Å²) in [6.07, 6.45) is 0.600. The van der Waals surface area contributed by atoms with Gasteiger partial charge in [0.05, 0.1) is 0 Å². The molecule has 2 aromatic carbocycles. The number of hydrogen-bond donors (Lipinski definition) is 1. The Morgan fingerprint density at radius 2 is 1.92 bits per heavy atom. The van der Waals surface area contributed by atoms with E-state index in [9.17, 15) is 9.59 Å². The fourth-order valence-corrected chi connectivity index (χ4v) is 2.87. The zero-order chi connectivity index (χ0) is 17.8. The third kappa shape index (κ3) is 3.99. The zero-order valence-electron chi connectivity index (χ0n) is 14.5. The molecule has 130 valence electrons. The van der Waals surface area contributed by atoms with E-state index in [-0.39, 0.29) is 18.4 Å². The molecule has 1 heterocycles. The molecule has 2 amide bonds. The quantitative estimate of drug-likeness (QED) is 0.912. The van der Waals surface area contributed by atoms with Crippen LogP contribution in [0, 0.1) is 13.8 Å². The molecule has 0 spiro atoms. The summed E-state index contributed by atoms with van der Waals surface area (Å²) >= 11 is 0. The normalized spacial score (nSPS) is 16.8. The van der Waals surface area contributed by atoms with Crippen molar-refractivity contribution in [2.75, 3.05) is 18.1 Å². The predicted molar refractivity (Wildman–Crippen MR) is 96.8 cm³/mol. The number of carbonyl (C=O) groups excluding carboxylic acids is 2. The highest BCUT2D eigenvalue weighted by molar-refractivity contribution is 6.01. The van der Waals surface area contributed by atoms with Crippen LogP contribution in [0.25, 0.3) is 0 Å². The molecule has 0 unspecified atom stereocenters. The lowest BCUT2D eigenvalue weighted by Crippen LogP contribution is -2.43. The molecular weight excluding hydrogens is 316 g/mol. The average molecular weight is 338 g/mol. The highest BCUT2D eigenvalue weighted by Gasteiger charge is 2.33. The van der Waals surface area contributed by atoms with Crippen molar-refractivity contribution in [2.45, 2.75) is 26.3 Å². The number of rotatable bonds is 5. The van der Waals surface area contributed by atoms with Crippen LogP contribution >= 0.6 is 0 Å². The van der Waals surface area contributed by atoms with Gasteiger partial charge in [-0.15, -0.1) is 0 Å². The van der Waals surface area contributed by atoms with Gasteiger partial charge in [-0.3, -0.25) is 9.59 Å². The van der Waals surface area contributed by atoms with Crippen LogP contribution in [0.15, 0.2) is 48.5 Å².